The summed E-state index contributed by atoms with van der Waals surface area (Å²) in [5.74, 6) is -0.325. The molecule has 3 aromatic carbocycles. The minimum absolute atomic E-state index is 0.317. The molecule has 0 bridgehead atoms. The molecule has 0 spiro atoms. The van der Waals surface area contributed by atoms with Crippen molar-refractivity contribution >= 4 is 27.8 Å². The first-order valence-electron chi connectivity index (χ1n) is 10.4. The van der Waals surface area contributed by atoms with E-state index in [9.17, 15) is 4.79 Å². The fourth-order valence-electron chi connectivity index (χ4n) is 4.28. The normalized spacial score (nSPS) is 11.2. The van der Waals surface area contributed by atoms with Gasteiger partial charge in [-0.3, -0.25) is 0 Å². The van der Waals surface area contributed by atoms with Crippen LogP contribution in [0, 0.1) is 6.92 Å². The van der Waals surface area contributed by atoms with Gasteiger partial charge >= 0.3 is 5.97 Å². The first kappa shape index (κ1) is 19.1. The molecule has 0 amide bonds. The van der Waals surface area contributed by atoms with Crippen LogP contribution in [0.2, 0.25) is 0 Å². The van der Waals surface area contributed by atoms with Gasteiger partial charge in [-0.05, 0) is 32.0 Å². The highest BCUT2D eigenvalue weighted by Gasteiger charge is 2.27. The average molecular weight is 406 g/mol. The Hall–Kier alpha value is -3.92. The number of hydrogen-bond donors (Lipinski definition) is 0. The van der Waals surface area contributed by atoms with Crippen LogP contribution in [-0.4, -0.2) is 22.1 Å². The molecular weight excluding hydrogens is 384 g/mol. The molecule has 4 heteroatoms. The van der Waals surface area contributed by atoms with Crippen LogP contribution in [0.25, 0.3) is 38.8 Å². The lowest BCUT2D eigenvalue weighted by Crippen LogP contribution is -2.07. The van der Waals surface area contributed by atoms with Gasteiger partial charge in [0.15, 0.2) is 0 Å². The molecule has 0 unspecified atom stereocenters. The van der Waals surface area contributed by atoms with Crippen molar-refractivity contribution < 1.29 is 9.53 Å². The number of benzene rings is 3. The van der Waals surface area contributed by atoms with Crippen molar-refractivity contribution in [1.82, 2.24) is 9.55 Å². The predicted octanol–water partition coefficient (Wildman–Crippen LogP) is 6.33. The topological polar surface area (TPSA) is 44.1 Å². The first-order valence-corrected chi connectivity index (χ1v) is 10.4. The molecular formula is C27H22N2O2. The molecule has 5 rings (SSSR count). The second kappa shape index (κ2) is 7.73. The van der Waals surface area contributed by atoms with E-state index in [0.29, 0.717) is 12.2 Å². The number of nitrogens with zero attached hydrogens (tertiary/aromatic N) is 2. The van der Waals surface area contributed by atoms with Gasteiger partial charge in [-0.15, -0.1) is 0 Å². The van der Waals surface area contributed by atoms with Crippen LogP contribution >= 0.6 is 0 Å². The number of ether oxygens (including phenoxy) is 1. The standard InChI is InChI=1S/C27H22N2O2/c1-3-31-27(30)23-18(2)29(20-14-8-5-9-15-20)26-21-16-10-11-17-22(21)28-25(24(23)26)19-12-6-4-7-13-19/h4-17H,3H2,1-2H3. The largest absolute Gasteiger partial charge is 0.462 e. The van der Waals surface area contributed by atoms with Crippen molar-refractivity contribution in [3.05, 3.63) is 96.2 Å². The number of carbonyl (C=O) groups excluding carboxylic acids is 1. The van der Waals surface area contributed by atoms with Gasteiger partial charge < -0.3 is 9.30 Å². The number of aromatic nitrogens is 2. The highest BCUT2D eigenvalue weighted by atomic mass is 16.5. The number of carbonyl (C=O) groups is 1. The van der Waals surface area contributed by atoms with Crippen LogP contribution in [0.1, 0.15) is 23.0 Å². The lowest BCUT2D eigenvalue weighted by atomic mass is 10.0. The molecule has 2 heterocycles. The van der Waals surface area contributed by atoms with E-state index in [1.54, 1.807) is 0 Å². The molecule has 0 aliphatic heterocycles. The molecule has 0 fully saturated rings. The Labute approximate surface area is 180 Å². The van der Waals surface area contributed by atoms with Gasteiger partial charge in [0.1, 0.15) is 0 Å². The fraction of sp³-hybridized carbons (Fsp3) is 0.111. The van der Waals surface area contributed by atoms with Crippen molar-refractivity contribution in [2.45, 2.75) is 13.8 Å². The molecule has 0 saturated heterocycles. The predicted molar refractivity (Wildman–Crippen MR) is 125 cm³/mol. The number of esters is 1. The summed E-state index contributed by atoms with van der Waals surface area (Å²) in [6.45, 7) is 4.12. The Morgan fingerprint density at radius 2 is 1.55 bits per heavy atom. The summed E-state index contributed by atoms with van der Waals surface area (Å²) >= 11 is 0. The maximum absolute atomic E-state index is 13.2. The van der Waals surface area contributed by atoms with Gasteiger partial charge in [0, 0.05) is 27.7 Å². The third-order valence-corrected chi connectivity index (χ3v) is 5.58. The van der Waals surface area contributed by atoms with Crippen molar-refractivity contribution in [3.8, 4) is 16.9 Å². The SMILES string of the molecule is CCOC(=O)c1c(C)n(-c2ccccc2)c2c1c(-c1ccccc1)nc1ccccc12. The molecule has 152 valence electrons. The Bertz CT molecular complexity index is 1400. The minimum atomic E-state index is -0.325. The van der Waals surface area contributed by atoms with Crippen LogP contribution < -0.4 is 0 Å². The molecule has 0 N–H and O–H groups in total. The summed E-state index contributed by atoms with van der Waals surface area (Å²) in [4.78, 5) is 18.2. The van der Waals surface area contributed by atoms with Gasteiger partial charge in [-0.2, -0.15) is 0 Å². The van der Waals surface area contributed by atoms with Gasteiger partial charge in [0.2, 0.25) is 0 Å². The molecule has 0 saturated carbocycles. The van der Waals surface area contributed by atoms with Gasteiger partial charge in [-0.1, -0.05) is 66.7 Å². The second-order valence-corrected chi connectivity index (χ2v) is 7.42. The monoisotopic (exact) mass is 406 g/mol. The second-order valence-electron chi connectivity index (χ2n) is 7.42. The summed E-state index contributed by atoms with van der Waals surface area (Å²) in [7, 11) is 0. The van der Waals surface area contributed by atoms with Gasteiger partial charge in [0.05, 0.1) is 28.9 Å². The fourth-order valence-corrected chi connectivity index (χ4v) is 4.28. The Morgan fingerprint density at radius 1 is 0.903 bits per heavy atom. The number of para-hydroxylation sites is 2. The first-order chi connectivity index (χ1) is 15.2. The van der Waals surface area contributed by atoms with Crippen LogP contribution in [0.15, 0.2) is 84.9 Å². The average Bonchev–Trinajstić information content (AvgIpc) is 3.13. The zero-order valence-electron chi connectivity index (χ0n) is 17.5. The van der Waals surface area contributed by atoms with E-state index in [1.807, 2.05) is 80.6 Å². The molecule has 4 nitrogen and oxygen atoms in total. The Kier molecular flexibility index (Phi) is 4.75. The molecule has 0 atom stereocenters. The summed E-state index contributed by atoms with van der Waals surface area (Å²) in [6.07, 6.45) is 0. The molecule has 31 heavy (non-hydrogen) atoms. The summed E-state index contributed by atoms with van der Waals surface area (Å²) < 4.78 is 7.64. The summed E-state index contributed by atoms with van der Waals surface area (Å²) in [5, 5.41) is 1.82. The highest BCUT2D eigenvalue weighted by molar-refractivity contribution is 6.18. The quantitative estimate of drug-likeness (QED) is 0.328. The van der Waals surface area contributed by atoms with E-state index in [-0.39, 0.29) is 5.97 Å². The smallest absolute Gasteiger partial charge is 0.340 e. The van der Waals surface area contributed by atoms with E-state index < -0.39 is 0 Å². The van der Waals surface area contributed by atoms with E-state index in [0.717, 1.165) is 44.4 Å². The van der Waals surface area contributed by atoms with Crippen molar-refractivity contribution in [1.29, 1.82) is 0 Å². The van der Waals surface area contributed by atoms with Crippen molar-refractivity contribution in [2.75, 3.05) is 6.61 Å². The maximum atomic E-state index is 13.2. The van der Waals surface area contributed by atoms with Gasteiger partial charge in [-0.25, -0.2) is 9.78 Å². The van der Waals surface area contributed by atoms with Crippen LogP contribution in [0.3, 0.4) is 0 Å². The molecule has 0 aliphatic carbocycles. The van der Waals surface area contributed by atoms with E-state index in [4.69, 9.17) is 9.72 Å². The van der Waals surface area contributed by atoms with Crippen molar-refractivity contribution in [3.63, 3.8) is 0 Å². The third-order valence-electron chi connectivity index (χ3n) is 5.58. The molecule has 2 aromatic heterocycles. The zero-order valence-corrected chi connectivity index (χ0v) is 17.5. The van der Waals surface area contributed by atoms with E-state index >= 15 is 0 Å². The Balaban J connectivity index is 2.02. The van der Waals surface area contributed by atoms with Crippen LogP contribution in [0.5, 0.6) is 0 Å². The summed E-state index contributed by atoms with van der Waals surface area (Å²) in [6, 6.07) is 28.2. The van der Waals surface area contributed by atoms with Crippen molar-refractivity contribution in [2.24, 2.45) is 0 Å². The van der Waals surface area contributed by atoms with E-state index in [1.165, 1.54) is 0 Å². The zero-order chi connectivity index (χ0) is 21.4. The third kappa shape index (κ3) is 3.08. The highest BCUT2D eigenvalue weighted by Crippen LogP contribution is 2.39. The van der Waals surface area contributed by atoms with Crippen LogP contribution in [0.4, 0.5) is 0 Å². The maximum Gasteiger partial charge on any atom is 0.340 e. The molecule has 0 radical (unpaired) electrons. The lowest BCUT2D eigenvalue weighted by molar-refractivity contribution is 0.0527. The lowest BCUT2D eigenvalue weighted by Gasteiger charge is -2.12. The minimum Gasteiger partial charge on any atom is -0.462 e. The van der Waals surface area contributed by atoms with E-state index in [2.05, 4.69) is 22.8 Å². The summed E-state index contributed by atoms with van der Waals surface area (Å²) in [5.41, 5.74) is 6.02. The Morgan fingerprint density at radius 3 is 2.26 bits per heavy atom. The molecule has 5 aromatic rings. The number of rotatable bonds is 4. The number of pyridine rings is 1. The van der Waals surface area contributed by atoms with Crippen LogP contribution in [-0.2, 0) is 4.74 Å². The molecule has 0 aliphatic rings. The van der Waals surface area contributed by atoms with Gasteiger partial charge in [0.25, 0.3) is 0 Å². The number of hydrogen-bond acceptors (Lipinski definition) is 3. The number of fused-ring (bicyclic) bond motifs is 3.